The molecule has 0 aliphatic heterocycles. The van der Waals surface area contributed by atoms with Crippen molar-refractivity contribution in [3.8, 4) is 17.0 Å². The van der Waals surface area contributed by atoms with Crippen molar-refractivity contribution in [1.29, 1.82) is 0 Å². The normalized spacial score (nSPS) is 10.4. The van der Waals surface area contributed by atoms with Gasteiger partial charge in [0, 0.05) is 18.7 Å². The van der Waals surface area contributed by atoms with Crippen molar-refractivity contribution in [3.05, 3.63) is 35.5 Å². The maximum atomic E-state index is 9.11. The maximum absolute atomic E-state index is 9.11. The summed E-state index contributed by atoms with van der Waals surface area (Å²) in [5.41, 5.74) is 1.74. The molecule has 0 radical (unpaired) electrons. The summed E-state index contributed by atoms with van der Waals surface area (Å²) in [4.78, 5) is 0. The first-order valence-corrected chi connectivity index (χ1v) is 4.53. The van der Waals surface area contributed by atoms with Crippen LogP contribution < -0.4 is 0 Å². The minimum atomic E-state index is 0.246. The summed E-state index contributed by atoms with van der Waals surface area (Å²) in [5.74, 6) is 0.246. The fraction of sp³-hybridized carbons (Fsp3) is 0.100. The lowest BCUT2D eigenvalue weighted by atomic mass is 10.1. The van der Waals surface area contributed by atoms with Gasteiger partial charge in [0.15, 0.2) is 0 Å². The van der Waals surface area contributed by atoms with Gasteiger partial charge in [0.1, 0.15) is 10.9 Å². The fourth-order valence-electron chi connectivity index (χ4n) is 1.22. The van der Waals surface area contributed by atoms with Gasteiger partial charge < -0.3 is 5.11 Å². The third kappa shape index (κ3) is 1.59. The van der Waals surface area contributed by atoms with E-state index < -0.39 is 0 Å². The van der Waals surface area contributed by atoms with Crippen LogP contribution in [-0.4, -0.2) is 14.9 Å². The summed E-state index contributed by atoms with van der Waals surface area (Å²) >= 11 is 5.86. The van der Waals surface area contributed by atoms with Crippen molar-refractivity contribution in [2.75, 3.05) is 0 Å². The van der Waals surface area contributed by atoms with E-state index in [-0.39, 0.29) is 5.75 Å². The van der Waals surface area contributed by atoms with Crippen molar-refractivity contribution in [2.24, 2.45) is 7.05 Å². The SMILES string of the molecule is Cn1nc(-c2ccc(O)cc2)cc1Cl. The lowest BCUT2D eigenvalue weighted by Gasteiger charge is -1.95. The highest BCUT2D eigenvalue weighted by molar-refractivity contribution is 6.29. The van der Waals surface area contributed by atoms with Gasteiger partial charge in [-0.15, -0.1) is 0 Å². The molecule has 0 unspecified atom stereocenters. The average Bonchev–Trinajstić information content (AvgIpc) is 2.48. The van der Waals surface area contributed by atoms with Crippen molar-refractivity contribution in [1.82, 2.24) is 9.78 Å². The Labute approximate surface area is 86.6 Å². The molecule has 0 aliphatic rings. The molecule has 0 atom stereocenters. The Morgan fingerprint density at radius 2 is 1.93 bits per heavy atom. The van der Waals surface area contributed by atoms with Crippen LogP contribution in [-0.2, 0) is 7.05 Å². The summed E-state index contributed by atoms with van der Waals surface area (Å²) in [6.07, 6.45) is 0. The predicted molar refractivity (Wildman–Crippen MR) is 55.3 cm³/mol. The first-order chi connectivity index (χ1) is 6.66. The van der Waals surface area contributed by atoms with E-state index in [1.54, 1.807) is 42.1 Å². The Balaban J connectivity index is 2.44. The van der Waals surface area contributed by atoms with E-state index in [9.17, 15) is 0 Å². The predicted octanol–water partition coefficient (Wildman–Crippen LogP) is 2.45. The molecule has 0 bridgehead atoms. The summed E-state index contributed by atoms with van der Waals surface area (Å²) in [7, 11) is 1.78. The molecule has 1 aromatic carbocycles. The van der Waals surface area contributed by atoms with Gasteiger partial charge in [0.25, 0.3) is 0 Å². The monoisotopic (exact) mass is 208 g/mol. The van der Waals surface area contributed by atoms with Crippen LogP contribution in [0.15, 0.2) is 30.3 Å². The first-order valence-electron chi connectivity index (χ1n) is 4.16. The zero-order valence-corrected chi connectivity index (χ0v) is 8.36. The number of benzene rings is 1. The molecular formula is C10H9ClN2O. The zero-order valence-electron chi connectivity index (χ0n) is 7.61. The van der Waals surface area contributed by atoms with Gasteiger partial charge in [0.2, 0.25) is 0 Å². The zero-order chi connectivity index (χ0) is 10.1. The third-order valence-corrected chi connectivity index (χ3v) is 2.34. The van der Waals surface area contributed by atoms with Crippen LogP contribution in [0.1, 0.15) is 0 Å². The van der Waals surface area contributed by atoms with Gasteiger partial charge in [-0.3, -0.25) is 4.68 Å². The molecule has 0 aliphatic carbocycles. The molecular weight excluding hydrogens is 200 g/mol. The summed E-state index contributed by atoms with van der Waals surface area (Å²) in [6.45, 7) is 0. The Bertz CT molecular complexity index is 428. The Kier molecular flexibility index (Phi) is 2.17. The standard InChI is InChI=1S/C10H9ClN2O/c1-13-10(11)6-9(12-13)7-2-4-8(14)5-3-7/h2-6,14H,1H3. The van der Waals surface area contributed by atoms with Gasteiger partial charge >= 0.3 is 0 Å². The van der Waals surface area contributed by atoms with Gasteiger partial charge in [-0.25, -0.2) is 0 Å². The van der Waals surface area contributed by atoms with Crippen molar-refractivity contribution in [3.63, 3.8) is 0 Å². The van der Waals surface area contributed by atoms with E-state index in [4.69, 9.17) is 16.7 Å². The van der Waals surface area contributed by atoms with Crippen molar-refractivity contribution in [2.45, 2.75) is 0 Å². The Morgan fingerprint density at radius 1 is 1.29 bits per heavy atom. The average molecular weight is 209 g/mol. The van der Waals surface area contributed by atoms with E-state index in [0.29, 0.717) is 5.15 Å². The van der Waals surface area contributed by atoms with E-state index >= 15 is 0 Å². The van der Waals surface area contributed by atoms with Crippen LogP contribution in [0.25, 0.3) is 11.3 Å². The molecule has 0 fully saturated rings. The topological polar surface area (TPSA) is 38.0 Å². The maximum Gasteiger partial charge on any atom is 0.127 e. The Morgan fingerprint density at radius 3 is 2.43 bits per heavy atom. The number of hydrogen-bond donors (Lipinski definition) is 1. The number of aromatic nitrogens is 2. The fourth-order valence-corrected chi connectivity index (χ4v) is 1.36. The van der Waals surface area contributed by atoms with Crippen LogP contribution in [0.3, 0.4) is 0 Å². The molecule has 14 heavy (non-hydrogen) atoms. The van der Waals surface area contributed by atoms with Crippen LogP contribution >= 0.6 is 11.6 Å². The minimum Gasteiger partial charge on any atom is -0.508 e. The molecule has 72 valence electrons. The highest BCUT2D eigenvalue weighted by Gasteiger charge is 2.04. The summed E-state index contributed by atoms with van der Waals surface area (Å²) in [5, 5.41) is 13.9. The molecule has 3 nitrogen and oxygen atoms in total. The highest BCUT2D eigenvalue weighted by atomic mass is 35.5. The highest BCUT2D eigenvalue weighted by Crippen LogP contribution is 2.22. The number of hydrogen-bond acceptors (Lipinski definition) is 2. The molecule has 1 heterocycles. The molecule has 2 rings (SSSR count). The first kappa shape index (κ1) is 9.09. The van der Waals surface area contributed by atoms with E-state index in [2.05, 4.69) is 5.10 Å². The van der Waals surface area contributed by atoms with Crippen LogP contribution in [0.2, 0.25) is 5.15 Å². The molecule has 1 aromatic heterocycles. The number of phenols is 1. The van der Waals surface area contributed by atoms with E-state index in [0.717, 1.165) is 11.3 Å². The second-order valence-corrected chi connectivity index (χ2v) is 3.41. The van der Waals surface area contributed by atoms with Crippen molar-refractivity contribution >= 4 is 11.6 Å². The second-order valence-electron chi connectivity index (χ2n) is 3.02. The molecule has 0 saturated heterocycles. The summed E-state index contributed by atoms with van der Waals surface area (Å²) in [6, 6.07) is 8.63. The second kappa shape index (κ2) is 3.35. The number of phenolic OH excluding ortho intramolecular Hbond substituents is 1. The van der Waals surface area contributed by atoms with Crippen LogP contribution in [0.4, 0.5) is 0 Å². The lowest BCUT2D eigenvalue weighted by Crippen LogP contribution is -1.89. The Hall–Kier alpha value is -1.48. The number of aryl methyl sites for hydroxylation is 1. The van der Waals surface area contributed by atoms with Crippen LogP contribution in [0.5, 0.6) is 5.75 Å². The van der Waals surface area contributed by atoms with E-state index in [1.807, 2.05) is 0 Å². The number of nitrogens with zero attached hydrogens (tertiary/aromatic N) is 2. The minimum absolute atomic E-state index is 0.246. The van der Waals surface area contributed by atoms with Crippen LogP contribution in [0, 0.1) is 0 Å². The molecule has 4 heteroatoms. The largest absolute Gasteiger partial charge is 0.508 e. The number of rotatable bonds is 1. The van der Waals surface area contributed by atoms with Gasteiger partial charge in [0.05, 0.1) is 5.69 Å². The molecule has 0 amide bonds. The third-order valence-electron chi connectivity index (χ3n) is 1.99. The molecule has 0 spiro atoms. The molecule has 1 N–H and O–H groups in total. The van der Waals surface area contributed by atoms with Gasteiger partial charge in [-0.2, -0.15) is 5.10 Å². The number of halogens is 1. The van der Waals surface area contributed by atoms with Crippen molar-refractivity contribution < 1.29 is 5.11 Å². The molecule has 2 aromatic rings. The quantitative estimate of drug-likeness (QED) is 0.782. The van der Waals surface area contributed by atoms with Gasteiger partial charge in [-0.05, 0) is 24.3 Å². The summed E-state index contributed by atoms with van der Waals surface area (Å²) < 4.78 is 1.60. The smallest absolute Gasteiger partial charge is 0.127 e. The van der Waals surface area contributed by atoms with E-state index in [1.165, 1.54) is 0 Å². The number of aromatic hydroxyl groups is 1. The molecule has 0 saturated carbocycles. The van der Waals surface area contributed by atoms with Gasteiger partial charge in [-0.1, -0.05) is 11.6 Å². The lowest BCUT2D eigenvalue weighted by molar-refractivity contribution is 0.475.